The summed E-state index contributed by atoms with van der Waals surface area (Å²) >= 11 is 0. The molecule has 0 fully saturated rings. The third-order valence-electron chi connectivity index (χ3n) is 1.74. The molecule has 0 saturated carbocycles. The fraction of sp³-hybridized carbons (Fsp3) is 0.667. The van der Waals surface area contributed by atoms with Crippen LogP contribution in [0.2, 0.25) is 0 Å². The molecule has 0 atom stereocenters. The predicted molar refractivity (Wildman–Crippen MR) is 50.5 cm³/mol. The zero-order valence-corrected chi connectivity index (χ0v) is 8.66. The molecule has 0 aromatic carbocycles. The van der Waals surface area contributed by atoms with Crippen LogP contribution in [-0.4, -0.2) is 51.3 Å². The van der Waals surface area contributed by atoms with E-state index < -0.39 is 5.79 Å². The lowest BCUT2D eigenvalue weighted by Crippen LogP contribution is -2.49. The standard InChI is InChI=1S/C9H17NO3/c1-6-8(11)9(12-4,13-5)7-10(2)3/h6H,1,7H2,2-5H3. The molecule has 0 saturated heterocycles. The smallest absolute Gasteiger partial charge is 0.245 e. The van der Waals surface area contributed by atoms with E-state index in [0.717, 1.165) is 0 Å². The number of carbonyl (C=O) groups is 1. The fourth-order valence-electron chi connectivity index (χ4n) is 1.06. The molecule has 0 N–H and O–H groups in total. The zero-order chi connectivity index (χ0) is 10.5. The molecule has 4 heteroatoms. The Morgan fingerprint density at radius 1 is 1.46 bits per heavy atom. The van der Waals surface area contributed by atoms with Gasteiger partial charge in [0.2, 0.25) is 11.6 Å². The molecule has 0 aliphatic carbocycles. The van der Waals surface area contributed by atoms with Gasteiger partial charge in [0.15, 0.2) is 0 Å². The topological polar surface area (TPSA) is 38.8 Å². The first-order valence-electron chi connectivity index (χ1n) is 3.94. The van der Waals surface area contributed by atoms with Crippen LogP contribution in [0.25, 0.3) is 0 Å². The summed E-state index contributed by atoms with van der Waals surface area (Å²) in [5.74, 6) is -1.49. The Labute approximate surface area is 79.1 Å². The molecular weight excluding hydrogens is 170 g/mol. The molecular formula is C9H17NO3. The summed E-state index contributed by atoms with van der Waals surface area (Å²) in [5.41, 5.74) is 0. The number of hydrogen-bond acceptors (Lipinski definition) is 4. The van der Waals surface area contributed by atoms with E-state index in [0.29, 0.717) is 6.54 Å². The van der Waals surface area contributed by atoms with Gasteiger partial charge >= 0.3 is 0 Å². The van der Waals surface area contributed by atoms with E-state index in [-0.39, 0.29) is 5.78 Å². The number of nitrogens with zero attached hydrogens (tertiary/aromatic N) is 1. The van der Waals surface area contributed by atoms with E-state index in [9.17, 15) is 4.79 Å². The Kier molecular flexibility index (Phi) is 4.83. The van der Waals surface area contributed by atoms with Crippen LogP contribution < -0.4 is 0 Å². The second-order valence-electron chi connectivity index (χ2n) is 2.97. The molecule has 76 valence electrons. The summed E-state index contributed by atoms with van der Waals surface area (Å²) in [6.07, 6.45) is 1.20. The van der Waals surface area contributed by atoms with Crippen LogP contribution in [0.4, 0.5) is 0 Å². The van der Waals surface area contributed by atoms with Crippen molar-refractivity contribution in [2.75, 3.05) is 34.9 Å². The first-order chi connectivity index (χ1) is 6.02. The van der Waals surface area contributed by atoms with Crippen molar-refractivity contribution in [3.63, 3.8) is 0 Å². The summed E-state index contributed by atoms with van der Waals surface area (Å²) < 4.78 is 10.1. The maximum atomic E-state index is 11.4. The average molecular weight is 187 g/mol. The first-order valence-corrected chi connectivity index (χ1v) is 3.94. The molecule has 0 amide bonds. The molecule has 0 heterocycles. The number of hydrogen-bond donors (Lipinski definition) is 0. The number of carbonyl (C=O) groups excluding carboxylic acids is 1. The van der Waals surface area contributed by atoms with Gasteiger partial charge in [-0.05, 0) is 20.2 Å². The Morgan fingerprint density at radius 2 is 1.92 bits per heavy atom. The highest BCUT2D eigenvalue weighted by Crippen LogP contribution is 2.14. The van der Waals surface area contributed by atoms with Crippen LogP contribution in [0.5, 0.6) is 0 Å². The van der Waals surface area contributed by atoms with Crippen LogP contribution in [-0.2, 0) is 14.3 Å². The van der Waals surface area contributed by atoms with Gasteiger partial charge in [-0.1, -0.05) is 6.58 Å². The molecule has 4 nitrogen and oxygen atoms in total. The van der Waals surface area contributed by atoms with Crippen molar-refractivity contribution in [2.24, 2.45) is 0 Å². The predicted octanol–water partition coefficient (Wildman–Crippen LogP) is 0.292. The van der Waals surface area contributed by atoms with Gasteiger partial charge in [0.05, 0.1) is 6.54 Å². The number of likely N-dealkylation sites (N-methyl/N-ethyl adjacent to an activating group) is 1. The lowest BCUT2D eigenvalue weighted by atomic mass is 10.1. The van der Waals surface area contributed by atoms with Gasteiger partial charge in [0.1, 0.15) is 0 Å². The van der Waals surface area contributed by atoms with Crippen molar-refractivity contribution < 1.29 is 14.3 Å². The number of ketones is 1. The van der Waals surface area contributed by atoms with Crippen molar-refractivity contribution >= 4 is 5.78 Å². The molecule has 0 spiro atoms. The van der Waals surface area contributed by atoms with Gasteiger partial charge in [0, 0.05) is 14.2 Å². The number of rotatable bonds is 6. The summed E-state index contributed by atoms with van der Waals surface area (Å²) in [5, 5.41) is 0. The maximum absolute atomic E-state index is 11.4. The summed E-state index contributed by atoms with van der Waals surface area (Å²) in [6.45, 7) is 3.77. The van der Waals surface area contributed by atoms with Crippen LogP contribution in [0, 0.1) is 0 Å². The lowest BCUT2D eigenvalue weighted by molar-refractivity contribution is -0.207. The lowest BCUT2D eigenvalue weighted by Gasteiger charge is -2.30. The maximum Gasteiger partial charge on any atom is 0.245 e. The molecule has 0 unspecified atom stereocenters. The largest absolute Gasteiger partial charge is 0.346 e. The molecule has 0 aromatic heterocycles. The second-order valence-corrected chi connectivity index (χ2v) is 2.97. The average Bonchev–Trinajstić information content (AvgIpc) is 2.12. The Hall–Kier alpha value is -0.710. The number of ether oxygens (including phenoxy) is 2. The third kappa shape index (κ3) is 2.91. The van der Waals surface area contributed by atoms with E-state index in [4.69, 9.17) is 9.47 Å². The SMILES string of the molecule is C=CC(=O)C(CN(C)C)(OC)OC. The zero-order valence-electron chi connectivity index (χ0n) is 8.66. The minimum absolute atomic E-state index is 0.272. The van der Waals surface area contributed by atoms with Gasteiger partial charge in [-0.25, -0.2) is 0 Å². The van der Waals surface area contributed by atoms with Crippen LogP contribution >= 0.6 is 0 Å². The molecule has 0 aromatic rings. The quantitative estimate of drug-likeness (QED) is 0.442. The Balaban J connectivity index is 4.68. The van der Waals surface area contributed by atoms with E-state index >= 15 is 0 Å². The Morgan fingerprint density at radius 3 is 2.15 bits per heavy atom. The van der Waals surface area contributed by atoms with Crippen molar-refractivity contribution in [2.45, 2.75) is 5.79 Å². The van der Waals surface area contributed by atoms with E-state index in [2.05, 4.69) is 6.58 Å². The van der Waals surface area contributed by atoms with Crippen molar-refractivity contribution in [3.05, 3.63) is 12.7 Å². The highest BCUT2D eigenvalue weighted by atomic mass is 16.7. The fourth-order valence-corrected chi connectivity index (χ4v) is 1.06. The van der Waals surface area contributed by atoms with Crippen molar-refractivity contribution in [3.8, 4) is 0 Å². The second kappa shape index (κ2) is 5.11. The van der Waals surface area contributed by atoms with E-state index in [1.807, 2.05) is 19.0 Å². The van der Waals surface area contributed by atoms with Crippen molar-refractivity contribution in [1.29, 1.82) is 0 Å². The minimum Gasteiger partial charge on any atom is -0.346 e. The molecule has 0 bridgehead atoms. The monoisotopic (exact) mass is 187 g/mol. The third-order valence-corrected chi connectivity index (χ3v) is 1.74. The molecule has 13 heavy (non-hydrogen) atoms. The molecule has 0 aliphatic rings. The highest BCUT2D eigenvalue weighted by molar-refractivity contribution is 5.95. The van der Waals surface area contributed by atoms with Crippen LogP contribution in [0.1, 0.15) is 0 Å². The summed E-state index contributed by atoms with van der Waals surface area (Å²) in [7, 11) is 6.55. The minimum atomic E-state index is -1.22. The molecule has 0 rings (SSSR count). The van der Waals surface area contributed by atoms with Gasteiger partial charge in [-0.2, -0.15) is 0 Å². The summed E-state index contributed by atoms with van der Waals surface area (Å²) in [4.78, 5) is 13.3. The van der Waals surface area contributed by atoms with Gasteiger partial charge < -0.3 is 14.4 Å². The number of methoxy groups -OCH3 is 2. The van der Waals surface area contributed by atoms with Gasteiger partial charge in [-0.3, -0.25) is 4.79 Å². The molecule has 0 radical (unpaired) electrons. The van der Waals surface area contributed by atoms with Gasteiger partial charge in [-0.15, -0.1) is 0 Å². The van der Waals surface area contributed by atoms with Gasteiger partial charge in [0.25, 0.3) is 0 Å². The van der Waals surface area contributed by atoms with E-state index in [1.54, 1.807) is 0 Å². The Bertz CT molecular complexity index is 185. The van der Waals surface area contributed by atoms with Crippen LogP contribution in [0.15, 0.2) is 12.7 Å². The highest BCUT2D eigenvalue weighted by Gasteiger charge is 2.37. The van der Waals surface area contributed by atoms with Crippen LogP contribution in [0.3, 0.4) is 0 Å². The van der Waals surface area contributed by atoms with E-state index in [1.165, 1.54) is 20.3 Å². The summed E-state index contributed by atoms with van der Waals surface area (Å²) in [6, 6.07) is 0. The normalized spacial score (nSPS) is 11.8. The van der Waals surface area contributed by atoms with Crippen molar-refractivity contribution in [1.82, 2.24) is 4.90 Å². The molecule has 0 aliphatic heterocycles. The first kappa shape index (κ1) is 12.3.